The molecule has 2 rings (SSSR count). The van der Waals surface area contributed by atoms with Gasteiger partial charge in [-0.3, -0.25) is 9.59 Å². The molecule has 1 aromatic carbocycles. The number of amides is 1. The smallest absolute Gasteiger partial charge is 0.232 e. The van der Waals surface area contributed by atoms with Gasteiger partial charge in [0.05, 0.1) is 26.7 Å². The summed E-state index contributed by atoms with van der Waals surface area (Å²) in [5.74, 6) is -0.692. The van der Waals surface area contributed by atoms with E-state index in [2.05, 4.69) is 15.3 Å². The van der Waals surface area contributed by atoms with Crippen LogP contribution in [0.25, 0.3) is 0 Å². The third-order valence-corrected chi connectivity index (χ3v) is 3.09. The molecule has 0 radical (unpaired) electrons. The van der Waals surface area contributed by atoms with Gasteiger partial charge in [-0.2, -0.15) is 9.97 Å². The summed E-state index contributed by atoms with van der Waals surface area (Å²) in [5.41, 5.74) is 1.57. The molecule has 23 heavy (non-hydrogen) atoms. The van der Waals surface area contributed by atoms with Crippen molar-refractivity contribution in [1.82, 2.24) is 9.97 Å². The van der Waals surface area contributed by atoms with E-state index >= 15 is 0 Å². The fourth-order valence-corrected chi connectivity index (χ4v) is 1.87. The lowest BCUT2D eigenvalue weighted by Gasteiger charge is -2.08. The minimum Gasteiger partial charge on any atom is -0.481 e. The number of carbonyl (C=O) groups is 2. The van der Waals surface area contributed by atoms with Crippen LogP contribution in [0.4, 0.5) is 5.69 Å². The van der Waals surface area contributed by atoms with E-state index in [4.69, 9.17) is 9.47 Å². The largest absolute Gasteiger partial charge is 0.481 e. The molecule has 0 atom stereocenters. The highest BCUT2D eigenvalue weighted by molar-refractivity contribution is 6.09. The number of benzene rings is 1. The predicted molar refractivity (Wildman–Crippen MR) is 83.9 cm³/mol. The molecule has 0 saturated carbocycles. The Bertz CT molecular complexity index is 709. The number of nitrogens with zero attached hydrogens (tertiary/aromatic N) is 2. The Morgan fingerprint density at radius 2 is 1.70 bits per heavy atom. The summed E-state index contributed by atoms with van der Waals surface area (Å²) in [6.07, 6.45) is -0.370. The van der Waals surface area contributed by atoms with E-state index in [0.29, 0.717) is 5.69 Å². The SMILES string of the molecule is COc1cc(OC)nc(C(=O)CC(=O)Nc2ccccc2C)n1. The summed E-state index contributed by atoms with van der Waals surface area (Å²) in [6, 6.07) is 8.76. The lowest BCUT2D eigenvalue weighted by molar-refractivity contribution is -0.115. The van der Waals surface area contributed by atoms with Crippen LogP contribution in [0.5, 0.6) is 11.8 Å². The molecule has 7 nitrogen and oxygen atoms in total. The van der Waals surface area contributed by atoms with Crippen molar-refractivity contribution < 1.29 is 19.1 Å². The highest BCUT2D eigenvalue weighted by Gasteiger charge is 2.17. The van der Waals surface area contributed by atoms with Crippen molar-refractivity contribution in [2.24, 2.45) is 0 Å². The Hall–Kier alpha value is -2.96. The maximum Gasteiger partial charge on any atom is 0.232 e. The number of anilines is 1. The van der Waals surface area contributed by atoms with Crippen molar-refractivity contribution >= 4 is 17.4 Å². The zero-order valence-corrected chi connectivity index (χ0v) is 13.1. The number of rotatable bonds is 6. The second-order valence-corrected chi connectivity index (χ2v) is 4.74. The van der Waals surface area contributed by atoms with Crippen molar-refractivity contribution in [3.05, 3.63) is 41.7 Å². The highest BCUT2D eigenvalue weighted by Crippen LogP contribution is 2.17. The summed E-state index contributed by atoms with van der Waals surface area (Å²) in [4.78, 5) is 32.0. The number of methoxy groups -OCH3 is 2. The van der Waals surface area contributed by atoms with Crippen LogP contribution in [0.1, 0.15) is 22.6 Å². The molecule has 0 aliphatic rings. The number of carbonyl (C=O) groups excluding carboxylic acids is 2. The van der Waals surface area contributed by atoms with Gasteiger partial charge in [0.25, 0.3) is 0 Å². The quantitative estimate of drug-likeness (QED) is 0.648. The van der Waals surface area contributed by atoms with Gasteiger partial charge in [-0.05, 0) is 18.6 Å². The second-order valence-electron chi connectivity index (χ2n) is 4.74. The summed E-state index contributed by atoms with van der Waals surface area (Å²) in [5, 5.41) is 2.69. The van der Waals surface area contributed by atoms with Gasteiger partial charge in [-0.1, -0.05) is 18.2 Å². The number of hydrogen-bond donors (Lipinski definition) is 1. The van der Waals surface area contributed by atoms with E-state index < -0.39 is 11.7 Å². The molecule has 120 valence electrons. The molecule has 0 aliphatic carbocycles. The Morgan fingerprint density at radius 3 is 2.26 bits per heavy atom. The van der Waals surface area contributed by atoms with Crippen LogP contribution in [0.2, 0.25) is 0 Å². The van der Waals surface area contributed by atoms with Gasteiger partial charge in [0.1, 0.15) is 0 Å². The van der Waals surface area contributed by atoms with Crippen LogP contribution in [0.3, 0.4) is 0 Å². The molecule has 2 aromatic rings. The zero-order valence-electron chi connectivity index (χ0n) is 13.1. The number of nitrogens with one attached hydrogen (secondary N) is 1. The molecule has 0 aliphatic heterocycles. The molecule has 1 amide bonds. The first-order valence-electron chi connectivity index (χ1n) is 6.89. The minimum absolute atomic E-state index is 0.124. The number of ether oxygens (including phenoxy) is 2. The first-order valence-corrected chi connectivity index (χ1v) is 6.89. The fourth-order valence-electron chi connectivity index (χ4n) is 1.87. The van der Waals surface area contributed by atoms with Crippen molar-refractivity contribution in [2.75, 3.05) is 19.5 Å². The van der Waals surface area contributed by atoms with Gasteiger partial charge in [0.15, 0.2) is 0 Å². The minimum atomic E-state index is -0.520. The van der Waals surface area contributed by atoms with Gasteiger partial charge in [0.2, 0.25) is 29.3 Å². The maximum absolute atomic E-state index is 12.2. The first-order chi connectivity index (χ1) is 11.0. The van der Waals surface area contributed by atoms with E-state index in [-0.39, 0.29) is 24.0 Å². The van der Waals surface area contributed by atoms with Crippen molar-refractivity contribution in [2.45, 2.75) is 13.3 Å². The second kappa shape index (κ2) is 7.35. The first kappa shape index (κ1) is 16.4. The highest BCUT2D eigenvalue weighted by atomic mass is 16.5. The average molecular weight is 315 g/mol. The van der Waals surface area contributed by atoms with Gasteiger partial charge in [0, 0.05) is 5.69 Å². The molecule has 0 fully saturated rings. The summed E-state index contributed by atoms with van der Waals surface area (Å²) in [6.45, 7) is 1.87. The number of Topliss-reactive ketones (excluding diaryl/α,β-unsaturated/α-hetero) is 1. The Labute approximate surface area is 133 Å². The van der Waals surface area contributed by atoms with E-state index in [1.165, 1.54) is 20.3 Å². The molecular weight excluding hydrogens is 298 g/mol. The normalized spacial score (nSPS) is 10.0. The summed E-state index contributed by atoms with van der Waals surface area (Å²) >= 11 is 0. The van der Waals surface area contributed by atoms with E-state index in [1.54, 1.807) is 12.1 Å². The topological polar surface area (TPSA) is 90.4 Å². The van der Waals surface area contributed by atoms with E-state index in [9.17, 15) is 9.59 Å². The summed E-state index contributed by atoms with van der Waals surface area (Å²) in [7, 11) is 2.84. The van der Waals surface area contributed by atoms with Crippen molar-refractivity contribution in [1.29, 1.82) is 0 Å². The Kier molecular flexibility index (Phi) is 5.24. The molecule has 0 bridgehead atoms. The monoisotopic (exact) mass is 315 g/mol. The number of para-hydroxylation sites is 1. The van der Waals surface area contributed by atoms with Crippen LogP contribution < -0.4 is 14.8 Å². The molecule has 0 saturated heterocycles. The molecule has 1 N–H and O–H groups in total. The van der Waals surface area contributed by atoms with Crippen molar-refractivity contribution in [3.8, 4) is 11.8 Å². The third kappa shape index (κ3) is 4.26. The zero-order chi connectivity index (χ0) is 16.8. The van der Waals surface area contributed by atoms with Gasteiger partial charge < -0.3 is 14.8 Å². The van der Waals surface area contributed by atoms with E-state index in [1.807, 2.05) is 19.1 Å². The maximum atomic E-state index is 12.2. The van der Waals surface area contributed by atoms with Crippen LogP contribution in [0, 0.1) is 6.92 Å². The molecule has 0 spiro atoms. The standard InChI is InChI=1S/C16H17N3O4/c1-10-6-4-5-7-11(10)17-13(21)8-12(20)16-18-14(22-2)9-15(19-16)23-3/h4-7,9H,8H2,1-3H3,(H,17,21). The van der Waals surface area contributed by atoms with Crippen LogP contribution >= 0.6 is 0 Å². The lowest BCUT2D eigenvalue weighted by atomic mass is 10.2. The molecular formula is C16H17N3O4. The van der Waals surface area contributed by atoms with Crippen LogP contribution in [-0.2, 0) is 4.79 Å². The van der Waals surface area contributed by atoms with Crippen molar-refractivity contribution in [3.63, 3.8) is 0 Å². The van der Waals surface area contributed by atoms with Gasteiger partial charge in [-0.25, -0.2) is 0 Å². The van der Waals surface area contributed by atoms with Crippen LogP contribution in [0.15, 0.2) is 30.3 Å². The number of aromatic nitrogens is 2. The molecule has 0 unspecified atom stereocenters. The Balaban J connectivity index is 2.09. The van der Waals surface area contributed by atoms with Gasteiger partial charge >= 0.3 is 0 Å². The molecule has 1 heterocycles. The predicted octanol–water partition coefficient (Wildman–Crippen LogP) is 2.01. The van der Waals surface area contributed by atoms with E-state index in [0.717, 1.165) is 5.56 Å². The molecule has 7 heteroatoms. The third-order valence-electron chi connectivity index (χ3n) is 3.09. The molecule has 1 aromatic heterocycles. The average Bonchev–Trinajstić information content (AvgIpc) is 2.56. The Morgan fingerprint density at radius 1 is 1.09 bits per heavy atom. The number of aryl methyl sites for hydroxylation is 1. The van der Waals surface area contributed by atoms with Crippen LogP contribution in [-0.4, -0.2) is 35.9 Å². The number of ketones is 1. The lowest BCUT2D eigenvalue weighted by Crippen LogP contribution is -2.19. The fraction of sp³-hybridized carbons (Fsp3) is 0.250. The number of hydrogen-bond acceptors (Lipinski definition) is 6. The van der Waals surface area contributed by atoms with Gasteiger partial charge in [-0.15, -0.1) is 0 Å². The summed E-state index contributed by atoms with van der Waals surface area (Å²) < 4.78 is 9.96.